The largest absolute Gasteiger partial charge is 0.467 e. The summed E-state index contributed by atoms with van der Waals surface area (Å²) < 4.78 is 7.59. The Kier molecular flexibility index (Phi) is 3.83. The van der Waals surface area contributed by atoms with Crippen LogP contribution in [0.1, 0.15) is 24.7 Å². The zero-order valence-electron chi connectivity index (χ0n) is 11.7. The minimum Gasteiger partial charge on any atom is -0.467 e. The Morgan fingerprint density at radius 2 is 2.20 bits per heavy atom. The van der Waals surface area contributed by atoms with Crippen molar-refractivity contribution in [2.45, 2.75) is 26.4 Å². The predicted octanol–water partition coefficient (Wildman–Crippen LogP) is 3.18. The smallest absolute Gasteiger partial charge is 0.125 e. The van der Waals surface area contributed by atoms with E-state index in [4.69, 9.17) is 4.42 Å². The van der Waals surface area contributed by atoms with Gasteiger partial charge in [0.1, 0.15) is 5.76 Å². The molecular formula is C16H19N3O. The molecular weight excluding hydrogens is 250 g/mol. The van der Waals surface area contributed by atoms with Crippen molar-refractivity contribution < 1.29 is 4.42 Å². The SMILES string of the molecule is CCCNCc1coc(Cn2ncc3ccccc32)c1. The van der Waals surface area contributed by atoms with Crippen molar-refractivity contribution in [3.05, 3.63) is 54.1 Å². The first kappa shape index (κ1) is 12.9. The maximum absolute atomic E-state index is 5.62. The molecule has 0 fully saturated rings. The normalized spacial score (nSPS) is 11.2. The number of nitrogens with one attached hydrogen (secondary N) is 1. The number of furan rings is 1. The first-order valence-electron chi connectivity index (χ1n) is 7.04. The molecule has 0 aliphatic rings. The quantitative estimate of drug-likeness (QED) is 0.699. The van der Waals surface area contributed by atoms with Gasteiger partial charge in [-0.3, -0.25) is 4.68 Å². The number of para-hydroxylation sites is 1. The average molecular weight is 269 g/mol. The average Bonchev–Trinajstić information content (AvgIpc) is 3.08. The predicted molar refractivity (Wildman–Crippen MR) is 79.5 cm³/mol. The highest BCUT2D eigenvalue weighted by molar-refractivity contribution is 5.78. The molecule has 2 aromatic heterocycles. The number of fused-ring (bicyclic) bond motifs is 1. The van der Waals surface area contributed by atoms with E-state index in [1.807, 2.05) is 29.3 Å². The second-order valence-corrected chi connectivity index (χ2v) is 4.96. The molecule has 4 heteroatoms. The third-order valence-corrected chi connectivity index (χ3v) is 3.32. The molecule has 20 heavy (non-hydrogen) atoms. The molecule has 1 N–H and O–H groups in total. The van der Waals surface area contributed by atoms with E-state index in [0.717, 1.165) is 36.2 Å². The third kappa shape index (κ3) is 2.75. The number of aromatic nitrogens is 2. The molecule has 0 amide bonds. The molecule has 3 aromatic rings. The number of rotatable bonds is 6. The zero-order valence-corrected chi connectivity index (χ0v) is 11.7. The van der Waals surface area contributed by atoms with Crippen LogP contribution in [-0.2, 0) is 13.1 Å². The van der Waals surface area contributed by atoms with Crippen LogP contribution in [0.4, 0.5) is 0 Å². The standard InChI is InChI=1S/C16H19N3O/c1-2-7-17-9-13-8-15(20-12-13)11-19-16-6-4-3-5-14(16)10-18-19/h3-6,8,10,12,17H,2,7,9,11H2,1H3. The highest BCUT2D eigenvalue weighted by Crippen LogP contribution is 2.15. The van der Waals surface area contributed by atoms with E-state index >= 15 is 0 Å². The summed E-state index contributed by atoms with van der Waals surface area (Å²) in [5.74, 6) is 0.937. The van der Waals surface area contributed by atoms with E-state index in [2.05, 4.69) is 35.5 Å². The van der Waals surface area contributed by atoms with Gasteiger partial charge >= 0.3 is 0 Å². The fourth-order valence-electron chi connectivity index (χ4n) is 2.31. The van der Waals surface area contributed by atoms with Gasteiger partial charge in [-0.2, -0.15) is 5.10 Å². The van der Waals surface area contributed by atoms with Gasteiger partial charge in [0.15, 0.2) is 0 Å². The van der Waals surface area contributed by atoms with Gasteiger partial charge in [-0.1, -0.05) is 25.1 Å². The maximum atomic E-state index is 5.62. The lowest BCUT2D eigenvalue weighted by Crippen LogP contribution is -2.13. The van der Waals surface area contributed by atoms with Gasteiger partial charge in [-0.05, 0) is 25.1 Å². The molecule has 0 spiro atoms. The van der Waals surface area contributed by atoms with Crippen LogP contribution in [0.2, 0.25) is 0 Å². The topological polar surface area (TPSA) is 43.0 Å². The summed E-state index contributed by atoms with van der Waals surface area (Å²) >= 11 is 0. The van der Waals surface area contributed by atoms with Crippen molar-refractivity contribution in [3.63, 3.8) is 0 Å². The minimum absolute atomic E-state index is 0.668. The third-order valence-electron chi connectivity index (χ3n) is 3.32. The lowest BCUT2D eigenvalue weighted by Gasteiger charge is -2.00. The first-order chi connectivity index (χ1) is 9.86. The van der Waals surface area contributed by atoms with Gasteiger partial charge in [0.25, 0.3) is 0 Å². The second kappa shape index (κ2) is 5.92. The van der Waals surface area contributed by atoms with E-state index in [9.17, 15) is 0 Å². The number of hydrogen-bond acceptors (Lipinski definition) is 3. The summed E-state index contributed by atoms with van der Waals surface area (Å²) in [6, 6.07) is 10.3. The summed E-state index contributed by atoms with van der Waals surface area (Å²) in [6.07, 6.45) is 4.86. The molecule has 0 saturated heterocycles. The van der Waals surface area contributed by atoms with Crippen molar-refractivity contribution in [3.8, 4) is 0 Å². The van der Waals surface area contributed by atoms with E-state index in [-0.39, 0.29) is 0 Å². The zero-order chi connectivity index (χ0) is 13.8. The fraction of sp³-hybridized carbons (Fsp3) is 0.312. The summed E-state index contributed by atoms with van der Waals surface area (Å²) in [4.78, 5) is 0. The summed E-state index contributed by atoms with van der Waals surface area (Å²) in [5, 5.41) is 8.94. The van der Waals surface area contributed by atoms with Crippen LogP contribution in [0, 0.1) is 0 Å². The summed E-state index contributed by atoms with van der Waals surface area (Å²) in [7, 11) is 0. The lowest BCUT2D eigenvalue weighted by atomic mass is 10.2. The van der Waals surface area contributed by atoms with Gasteiger partial charge in [0.2, 0.25) is 0 Å². The van der Waals surface area contributed by atoms with Crippen LogP contribution in [0.3, 0.4) is 0 Å². The van der Waals surface area contributed by atoms with Crippen molar-refractivity contribution in [1.82, 2.24) is 15.1 Å². The van der Waals surface area contributed by atoms with E-state index < -0.39 is 0 Å². The van der Waals surface area contributed by atoms with Crippen LogP contribution in [0.5, 0.6) is 0 Å². The second-order valence-electron chi connectivity index (χ2n) is 4.96. The Labute approximate surface area is 118 Å². The molecule has 1 aromatic carbocycles. The molecule has 0 bridgehead atoms. The summed E-state index contributed by atoms with van der Waals surface area (Å²) in [6.45, 7) is 4.72. The van der Waals surface area contributed by atoms with Crippen LogP contribution in [-0.4, -0.2) is 16.3 Å². The van der Waals surface area contributed by atoms with Crippen molar-refractivity contribution in [2.24, 2.45) is 0 Å². The van der Waals surface area contributed by atoms with E-state index in [0.29, 0.717) is 6.54 Å². The van der Waals surface area contributed by atoms with Gasteiger partial charge in [0.05, 0.1) is 24.5 Å². The van der Waals surface area contributed by atoms with Crippen LogP contribution >= 0.6 is 0 Å². The molecule has 0 radical (unpaired) electrons. The van der Waals surface area contributed by atoms with Crippen molar-refractivity contribution in [1.29, 1.82) is 0 Å². The van der Waals surface area contributed by atoms with Gasteiger partial charge < -0.3 is 9.73 Å². The maximum Gasteiger partial charge on any atom is 0.125 e. The van der Waals surface area contributed by atoms with Gasteiger partial charge in [-0.15, -0.1) is 0 Å². The van der Waals surface area contributed by atoms with E-state index in [1.54, 1.807) is 0 Å². The Morgan fingerprint density at radius 3 is 3.10 bits per heavy atom. The highest BCUT2D eigenvalue weighted by atomic mass is 16.3. The lowest BCUT2D eigenvalue weighted by molar-refractivity contribution is 0.482. The molecule has 0 aliphatic carbocycles. The monoisotopic (exact) mass is 269 g/mol. The molecule has 0 saturated carbocycles. The van der Waals surface area contributed by atoms with Crippen LogP contribution in [0.25, 0.3) is 10.9 Å². The molecule has 2 heterocycles. The molecule has 3 rings (SSSR count). The van der Waals surface area contributed by atoms with Crippen molar-refractivity contribution >= 4 is 10.9 Å². The highest BCUT2D eigenvalue weighted by Gasteiger charge is 2.06. The Morgan fingerprint density at radius 1 is 1.30 bits per heavy atom. The van der Waals surface area contributed by atoms with E-state index in [1.165, 1.54) is 5.56 Å². The number of benzene rings is 1. The van der Waals surface area contributed by atoms with Crippen LogP contribution < -0.4 is 5.32 Å². The first-order valence-corrected chi connectivity index (χ1v) is 7.04. The summed E-state index contributed by atoms with van der Waals surface area (Å²) in [5.41, 5.74) is 2.32. The van der Waals surface area contributed by atoms with Crippen LogP contribution in [0.15, 0.2) is 47.2 Å². The number of nitrogens with zero attached hydrogens (tertiary/aromatic N) is 2. The molecule has 104 valence electrons. The van der Waals surface area contributed by atoms with Crippen molar-refractivity contribution in [2.75, 3.05) is 6.54 Å². The molecule has 0 atom stereocenters. The Balaban J connectivity index is 1.71. The Bertz CT molecular complexity index is 684. The minimum atomic E-state index is 0.668. The Hall–Kier alpha value is -2.07. The molecule has 4 nitrogen and oxygen atoms in total. The number of hydrogen-bond donors (Lipinski definition) is 1. The van der Waals surface area contributed by atoms with Gasteiger partial charge in [-0.25, -0.2) is 0 Å². The molecule has 0 unspecified atom stereocenters. The molecule has 0 aliphatic heterocycles. The fourth-order valence-corrected chi connectivity index (χ4v) is 2.31. The van der Waals surface area contributed by atoms with Gasteiger partial charge in [0, 0.05) is 17.5 Å².